The molecular weight excluding hydrogens is 367 g/mol. The zero-order valence-electron chi connectivity index (χ0n) is 14.6. The van der Waals surface area contributed by atoms with E-state index in [1.807, 2.05) is 0 Å². The molecule has 1 atom stereocenters. The summed E-state index contributed by atoms with van der Waals surface area (Å²) < 4.78 is 46.2. The Kier molecular flexibility index (Phi) is 6.21. The van der Waals surface area contributed by atoms with Gasteiger partial charge in [0, 0.05) is 20.1 Å². The first kappa shape index (κ1) is 20.4. The van der Waals surface area contributed by atoms with Crippen molar-refractivity contribution in [1.82, 2.24) is 15.1 Å². The lowest BCUT2D eigenvalue weighted by Crippen LogP contribution is -2.42. The first-order valence-electron chi connectivity index (χ1n) is 7.90. The van der Waals surface area contributed by atoms with Gasteiger partial charge in [-0.3, -0.25) is 4.79 Å². The number of methoxy groups -OCH3 is 1. The second-order valence-electron chi connectivity index (χ2n) is 5.80. The summed E-state index contributed by atoms with van der Waals surface area (Å²) in [6.07, 6.45) is -4.20. The molecule has 2 aromatic rings. The van der Waals surface area contributed by atoms with Gasteiger partial charge in [0.25, 0.3) is 5.91 Å². The first-order valence-corrected chi connectivity index (χ1v) is 7.90. The van der Waals surface area contributed by atoms with Crippen LogP contribution in [0, 0.1) is 6.92 Å². The highest BCUT2D eigenvalue weighted by atomic mass is 19.4. The molecule has 0 saturated heterocycles. The van der Waals surface area contributed by atoms with Gasteiger partial charge < -0.3 is 15.2 Å². The lowest BCUT2D eigenvalue weighted by atomic mass is 10.1. The molecule has 2 N–H and O–H groups in total. The number of nitrogens with one attached hydrogen (secondary N) is 1. The normalized spacial score (nSPS) is 12.6. The van der Waals surface area contributed by atoms with Gasteiger partial charge in [-0.2, -0.15) is 18.3 Å². The predicted molar refractivity (Wildman–Crippen MR) is 88.7 cm³/mol. The molecule has 2 rings (SSSR count). The minimum atomic E-state index is -4.88. The van der Waals surface area contributed by atoms with Gasteiger partial charge in [-0.15, -0.1) is 0 Å². The number of carbonyl (C=O) groups is 2. The molecule has 27 heavy (non-hydrogen) atoms. The van der Waals surface area contributed by atoms with Crippen LogP contribution in [0.4, 0.5) is 13.2 Å². The molecule has 0 radical (unpaired) electrons. The first-order chi connectivity index (χ1) is 12.6. The van der Waals surface area contributed by atoms with Gasteiger partial charge in [-0.25, -0.2) is 9.48 Å². The summed E-state index contributed by atoms with van der Waals surface area (Å²) in [5, 5.41) is 14.9. The van der Waals surface area contributed by atoms with Crippen molar-refractivity contribution in [2.45, 2.75) is 25.6 Å². The zero-order valence-corrected chi connectivity index (χ0v) is 14.6. The van der Waals surface area contributed by atoms with Crippen molar-refractivity contribution in [3.8, 4) is 5.69 Å². The molecular formula is C17H18F3N3O4. The molecule has 0 bridgehead atoms. The fraction of sp³-hybridized carbons (Fsp3) is 0.353. The van der Waals surface area contributed by atoms with Crippen LogP contribution in [0.3, 0.4) is 0 Å². The van der Waals surface area contributed by atoms with Gasteiger partial charge >= 0.3 is 12.1 Å². The van der Waals surface area contributed by atoms with Gasteiger partial charge in [0.15, 0.2) is 5.69 Å². The fourth-order valence-electron chi connectivity index (χ4n) is 2.47. The molecule has 10 heteroatoms. The molecule has 0 aliphatic carbocycles. The van der Waals surface area contributed by atoms with Crippen LogP contribution < -0.4 is 5.32 Å². The highest BCUT2D eigenvalue weighted by molar-refractivity contribution is 5.97. The van der Waals surface area contributed by atoms with Gasteiger partial charge in [-0.05, 0) is 24.6 Å². The summed E-state index contributed by atoms with van der Waals surface area (Å²) in [5.74, 6) is -2.55. The third-order valence-electron chi connectivity index (χ3n) is 3.74. The summed E-state index contributed by atoms with van der Waals surface area (Å²) in [6.45, 7) is 1.73. The number of hydrogen-bond donors (Lipinski definition) is 2. The molecule has 0 aliphatic rings. The Morgan fingerprint density at radius 1 is 1.37 bits per heavy atom. The maximum atomic E-state index is 13.6. The Balaban J connectivity index is 2.42. The summed E-state index contributed by atoms with van der Waals surface area (Å²) in [4.78, 5) is 23.5. The second kappa shape index (κ2) is 8.21. The molecule has 0 saturated carbocycles. The summed E-state index contributed by atoms with van der Waals surface area (Å²) in [6, 6.07) is 4.80. The van der Waals surface area contributed by atoms with E-state index in [4.69, 9.17) is 9.84 Å². The number of carbonyl (C=O) groups excluding carboxylic acids is 1. The van der Waals surface area contributed by atoms with Gasteiger partial charge in [0.1, 0.15) is 6.04 Å². The molecule has 1 amide bonds. The Morgan fingerprint density at radius 2 is 2.07 bits per heavy atom. The lowest BCUT2D eigenvalue weighted by molar-refractivity contribution is -0.143. The number of halogens is 3. The van der Waals surface area contributed by atoms with E-state index in [-0.39, 0.29) is 18.7 Å². The number of carboxylic acid groups (broad SMARTS) is 1. The second-order valence-corrected chi connectivity index (χ2v) is 5.80. The Bertz CT molecular complexity index is 833. The average Bonchev–Trinajstić information content (AvgIpc) is 3.03. The minimum Gasteiger partial charge on any atom is -0.480 e. The number of amides is 1. The number of rotatable bonds is 7. The number of ether oxygens (including phenoxy) is 1. The Hall–Kier alpha value is -2.88. The topological polar surface area (TPSA) is 93.5 Å². The number of aliphatic carboxylic acids is 1. The number of aryl methyl sites for hydroxylation is 1. The number of alkyl halides is 3. The van der Waals surface area contributed by atoms with Crippen molar-refractivity contribution in [2.24, 2.45) is 0 Å². The quantitative estimate of drug-likeness (QED) is 0.764. The molecule has 1 aromatic heterocycles. The SMILES string of the molecule is COCCC(NC(=O)c1cnn(-c2cccc(C)c2)c1C(F)(F)F)C(=O)O. The van der Waals surface area contributed by atoms with E-state index in [2.05, 4.69) is 10.4 Å². The number of hydrogen-bond acceptors (Lipinski definition) is 4. The third kappa shape index (κ3) is 4.85. The Labute approximate surface area is 152 Å². The van der Waals surface area contributed by atoms with E-state index in [1.54, 1.807) is 19.1 Å². The summed E-state index contributed by atoms with van der Waals surface area (Å²) >= 11 is 0. The molecule has 146 valence electrons. The van der Waals surface area contributed by atoms with Crippen LogP contribution in [-0.4, -0.2) is 46.5 Å². The molecule has 1 aromatic carbocycles. The Morgan fingerprint density at radius 3 is 2.63 bits per heavy atom. The standard InChI is InChI=1S/C17H18F3N3O4/c1-10-4-3-5-11(8-10)23-14(17(18,19)20)12(9-21-23)15(24)22-13(16(25)26)6-7-27-2/h3-5,8-9,13H,6-7H2,1-2H3,(H,22,24)(H,25,26). The summed E-state index contributed by atoms with van der Waals surface area (Å²) in [7, 11) is 1.34. The van der Waals surface area contributed by atoms with E-state index >= 15 is 0 Å². The zero-order chi connectivity index (χ0) is 20.2. The van der Waals surface area contributed by atoms with Crippen LogP contribution in [0.25, 0.3) is 5.69 Å². The van der Waals surface area contributed by atoms with Crippen LogP contribution in [-0.2, 0) is 15.7 Å². The average molecular weight is 385 g/mol. The van der Waals surface area contributed by atoms with E-state index in [0.29, 0.717) is 10.2 Å². The highest BCUT2D eigenvalue weighted by Gasteiger charge is 2.41. The van der Waals surface area contributed by atoms with Crippen LogP contribution in [0.5, 0.6) is 0 Å². The molecule has 1 unspecified atom stereocenters. The molecule has 0 fully saturated rings. The van der Waals surface area contributed by atoms with Gasteiger partial charge in [-0.1, -0.05) is 12.1 Å². The van der Waals surface area contributed by atoms with Crippen molar-refractivity contribution < 1.29 is 32.6 Å². The lowest BCUT2D eigenvalue weighted by Gasteiger charge is -2.16. The number of aromatic nitrogens is 2. The van der Waals surface area contributed by atoms with E-state index < -0.39 is 35.4 Å². The predicted octanol–water partition coefficient (Wildman–Crippen LogP) is 2.42. The number of nitrogens with zero attached hydrogens (tertiary/aromatic N) is 2. The number of carboxylic acids is 1. The smallest absolute Gasteiger partial charge is 0.434 e. The third-order valence-corrected chi connectivity index (χ3v) is 3.74. The van der Waals surface area contributed by atoms with Crippen LogP contribution >= 0.6 is 0 Å². The summed E-state index contributed by atoms with van der Waals surface area (Å²) in [5.41, 5.74) is -1.18. The largest absolute Gasteiger partial charge is 0.480 e. The van der Waals surface area contributed by atoms with Gasteiger partial charge in [0.05, 0.1) is 17.4 Å². The van der Waals surface area contributed by atoms with E-state index in [0.717, 1.165) is 6.20 Å². The van der Waals surface area contributed by atoms with E-state index in [1.165, 1.54) is 19.2 Å². The van der Waals surface area contributed by atoms with Crippen LogP contribution in [0.1, 0.15) is 28.0 Å². The molecule has 1 heterocycles. The minimum absolute atomic E-state index is 0.0198. The molecule has 7 nitrogen and oxygen atoms in total. The highest BCUT2D eigenvalue weighted by Crippen LogP contribution is 2.33. The van der Waals surface area contributed by atoms with E-state index in [9.17, 15) is 22.8 Å². The number of benzene rings is 1. The van der Waals surface area contributed by atoms with Crippen molar-refractivity contribution in [3.05, 3.63) is 47.3 Å². The van der Waals surface area contributed by atoms with Crippen molar-refractivity contribution in [2.75, 3.05) is 13.7 Å². The maximum absolute atomic E-state index is 13.6. The van der Waals surface area contributed by atoms with Crippen molar-refractivity contribution in [3.63, 3.8) is 0 Å². The van der Waals surface area contributed by atoms with Gasteiger partial charge in [0.2, 0.25) is 0 Å². The van der Waals surface area contributed by atoms with Crippen LogP contribution in [0.15, 0.2) is 30.5 Å². The molecule has 0 aliphatic heterocycles. The monoisotopic (exact) mass is 385 g/mol. The maximum Gasteiger partial charge on any atom is 0.434 e. The van der Waals surface area contributed by atoms with Crippen molar-refractivity contribution >= 4 is 11.9 Å². The van der Waals surface area contributed by atoms with Crippen molar-refractivity contribution in [1.29, 1.82) is 0 Å². The van der Waals surface area contributed by atoms with Crippen LogP contribution in [0.2, 0.25) is 0 Å². The molecule has 0 spiro atoms. The fourth-order valence-corrected chi connectivity index (χ4v) is 2.47.